The van der Waals surface area contributed by atoms with Gasteiger partial charge in [0.15, 0.2) is 0 Å². The summed E-state index contributed by atoms with van der Waals surface area (Å²) in [4.78, 5) is 18.2. The van der Waals surface area contributed by atoms with Crippen LogP contribution in [0.25, 0.3) is 0 Å². The first-order chi connectivity index (χ1) is 10.1. The number of anilines is 1. The van der Waals surface area contributed by atoms with E-state index in [1.54, 1.807) is 12.4 Å². The molecule has 2 aromatic rings. The number of nitrogens with two attached hydrogens (primary N) is 1. The topological polar surface area (TPSA) is 81.0 Å². The third-order valence-corrected chi connectivity index (χ3v) is 3.10. The van der Waals surface area contributed by atoms with Crippen molar-refractivity contribution in [2.24, 2.45) is 0 Å². The Bertz CT molecular complexity index is 523. The summed E-state index contributed by atoms with van der Waals surface area (Å²) in [6.07, 6.45) is 5.40. The molecule has 2 rings (SSSR count). The largest absolute Gasteiger partial charge is 0.461 e. The maximum absolute atomic E-state index is 11.6. The summed E-state index contributed by atoms with van der Waals surface area (Å²) in [7, 11) is 0. The van der Waals surface area contributed by atoms with E-state index in [4.69, 9.17) is 10.5 Å². The summed E-state index contributed by atoms with van der Waals surface area (Å²) in [6, 6.07) is 5.72. The number of carbonyl (C=O) groups excluding carboxylic acids is 1. The molecule has 114 valence electrons. The normalized spacial score (nSPS) is 9.67. The van der Waals surface area contributed by atoms with Gasteiger partial charge >= 0.3 is 5.97 Å². The number of esters is 1. The Morgan fingerprint density at radius 1 is 1.24 bits per heavy atom. The van der Waals surface area contributed by atoms with Crippen molar-refractivity contribution >= 4 is 11.8 Å². The standard InChI is InChI=1S/C11H18N2O2.C5H5N/c1-4-5-6-15-11(14)9-7(2)8(3)10(12)13-9;1-2-4-6-5-3-1/h13H,4-6,12H2,1-3H3;1-5H. The lowest BCUT2D eigenvalue weighted by Crippen LogP contribution is -2.08. The van der Waals surface area contributed by atoms with Gasteiger partial charge in [0.2, 0.25) is 0 Å². The molecule has 0 saturated heterocycles. The van der Waals surface area contributed by atoms with E-state index in [0.29, 0.717) is 18.1 Å². The quantitative estimate of drug-likeness (QED) is 0.668. The van der Waals surface area contributed by atoms with Crippen LogP contribution in [0.2, 0.25) is 0 Å². The lowest BCUT2D eigenvalue weighted by Gasteiger charge is -2.02. The predicted molar refractivity (Wildman–Crippen MR) is 84.1 cm³/mol. The molecule has 0 bridgehead atoms. The number of unbranched alkanes of at least 4 members (excludes halogenated alkanes) is 1. The second-order valence-corrected chi connectivity index (χ2v) is 4.68. The highest BCUT2D eigenvalue weighted by Gasteiger charge is 2.16. The zero-order valence-corrected chi connectivity index (χ0v) is 12.8. The Balaban J connectivity index is 0.000000304. The first-order valence-corrected chi connectivity index (χ1v) is 7.04. The smallest absolute Gasteiger partial charge is 0.355 e. The monoisotopic (exact) mass is 289 g/mol. The Morgan fingerprint density at radius 3 is 2.29 bits per heavy atom. The molecule has 0 amide bonds. The van der Waals surface area contributed by atoms with Crippen LogP contribution in [-0.2, 0) is 4.74 Å². The maximum Gasteiger partial charge on any atom is 0.355 e. The summed E-state index contributed by atoms with van der Waals surface area (Å²) in [6.45, 7) is 6.26. The third kappa shape index (κ3) is 5.30. The molecule has 0 aliphatic heterocycles. The van der Waals surface area contributed by atoms with Crippen LogP contribution in [0.1, 0.15) is 41.4 Å². The van der Waals surface area contributed by atoms with E-state index in [0.717, 1.165) is 24.0 Å². The second kappa shape index (κ2) is 8.79. The molecule has 0 aliphatic carbocycles. The molecule has 3 N–H and O–H groups in total. The van der Waals surface area contributed by atoms with Gasteiger partial charge in [-0.25, -0.2) is 4.79 Å². The number of hydrogen-bond acceptors (Lipinski definition) is 4. The number of aromatic nitrogens is 2. The molecule has 2 aromatic heterocycles. The van der Waals surface area contributed by atoms with Gasteiger partial charge in [-0.05, 0) is 43.5 Å². The highest BCUT2D eigenvalue weighted by atomic mass is 16.5. The van der Waals surface area contributed by atoms with E-state index in [1.807, 2.05) is 32.0 Å². The SMILES string of the molecule is CCCCOC(=O)c1[nH]c(N)c(C)c1C.c1ccncc1. The number of rotatable bonds is 4. The van der Waals surface area contributed by atoms with Crippen LogP contribution in [0.5, 0.6) is 0 Å². The maximum atomic E-state index is 11.6. The number of ether oxygens (including phenoxy) is 1. The molecule has 5 heteroatoms. The van der Waals surface area contributed by atoms with Crippen LogP contribution in [-0.4, -0.2) is 22.5 Å². The van der Waals surface area contributed by atoms with E-state index in [-0.39, 0.29) is 5.97 Å². The number of hydrogen-bond donors (Lipinski definition) is 2. The molecule has 0 radical (unpaired) electrons. The van der Waals surface area contributed by atoms with E-state index in [2.05, 4.69) is 16.9 Å². The molecule has 0 spiro atoms. The minimum absolute atomic E-state index is 0.319. The van der Waals surface area contributed by atoms with Crippen molar-refractivity contribution in [3.8, 4) is 0 Å². The highest BCUT2D eigenvalue weighted by Crippen LogP contribution is 2.19. The van der Waals surface area contributed by atoms with Gasteiger partial charge < -0.3 is 15.5 Å². The van der Waals surface area contributed by atoms with Gasteiger partial charge in [0.05, 0.1) is 6.61 Å². The average molecular weight is 289 g/mol. The summed E-state index contributed by atoms with van der Waals surface area (Å²) in [5.41, 5.74) is 7.93. The number of nitrogen functional groups attached to an aromatic ring is 1. The van der Waals surface area contributed by atoms with Crippen molar-refractivity contribution in [1.29, 1.82) is 0 Å². The molecule has 0 unspecified atom stereocenters. The number of H-pyrrole nitrogens is 1. The van der Waals surface area contributed by atoms with Gasteiger partial charge in [-0.1, -0.05) is 19.4 Å². The minimum Gasteiger partial charge on any atom is -0.461 e. The number of pyridine rings is 1. The van der Waals surface area contributed by atoms with Crippen LogP contribution in [0.4, 0.5) is 5.82 Å². The fourth-order valence-electron chi connectivity index (χ4n) is 1.61. The Morgan fingerprint density at radius 2 is 1.90 bits per heavy atom. The zero-order chi connectivity index (χ0) is 15.7. The lowest BCUT2D eigenvalue weighted by atomic mass is 10.2. The van der Waals surface area contributed by atoms with Crippen molar-refractivity contribution < 1.29 is 9.53 Å². The van der Waals surface area contributed by atoms with Crippen molar-refractivity contribution in [3.63, 3.8) is 0 Å². The Hall–Kier alpha value is -2.30. The van der Waals surface area contributed by atoms with E-state index in [9.17, 15) is 4.79 Å². The van der Waals surface area contributed by atoms with Gasteiger partial charge in [-0.2, -0.15) is 0 Å². The van der Waals surface area contributed by atoms with Gasteiger partial charge in [0, 0.05) is 12.4 Å². The fourth-order valence-corrected chi connectivity index (χ4v) is 1.61. The second-order valence-electron chi connectivity index (χ2n) is 4.68. The van der Waals surface area contributed by atoms with Crippen molar-refractivity contribution in [2.45, 2.75) is 33.6 Å². The molecular weight excluding hydrogens is 266 g/mol. The van der Waals surface area contributed by atoms with Gasteiger partial charge in [0.25, 0.3) is 0 Å². The number of carbonyl (C=O) groups is 1. The molecule has 21 heavy (non-hydrogen) atoms. The van der Waals surface area contributed by atoms with Crippen molar-refractivity contribution in [2.75, 3.05) is 12.3 Å². The zero-order valence-electron chi connectivity index (χ0n) is 12.8. The first-order valence-electron chi connectivity index (χ1n) is 7.04. The van der Waals surface area contributed by atoms with Crippen LogP contribution in [0.3, 0.4) is 0 Å². The van der Waals surface area contributed by atoms with Crippen LogP contribution < -0.4 is 5.73 Å². The first kappa shape index (κ1) is 16.8. The van der Waals surface area contributed by atoms with Crippen LogP contribution in [0.15, 0.2) is 30.6 Å². The fraction of sp³-hybridized carbons (Fsp3) is 0.375. The third-order valence-electron chi connectivity index (χ3n) is 3.10. The average Bonchev–Trinajstić information content (AvgIpc) is 2.77. The van der Waals surface area contributed by atoms with Crippen LogP contribution in [0, 0.1) is 13.8 Å². The molecule has 2 heterocycles. The molecule has 5 nitrogen and oxygen atoms in total. The lowest BCUT2D eigenvalue weighted by molar-refractivity contribution is 0.0493. The summed E-state index contributed by atoms with van der Waals surface area (Å²) < 4.78 is 5.09. The summed E-state index contributed by atoms with van der Waals surface area (Å²) in [5, 5.41) is 0. The number of aromatic amines is 1. The van der Waals surface area contributed by atoms with Crippen LogP contribution >= 0.6 is 0 Å². The van der Waals surface area contributed by atoms with E-state index in [1.165, 1.54) is 0 Å². The summed E-state index contributed by atoms with van der Waals surface area (Å²) in [5.74, 6) is 0.218. The van der Waals surface area contributed by atoms with Gasteiger partial charge in [-0.3, -0.25) is 4.98 Å². The number of nitrogens with zero attached hydrogens (tertiary/aromatic N) is 1. The summed E-state index contributed by atoms with van der Waals surface area (Å²) >= 11 is 0. The molecule has 0 aromatic carbocycles. The van der Waals surface area contributed by atoms with Gasteiger partial charge in [0.1, 0.15) is 11.5 Å². The predicted octanol–water partition coefficient (Wildman–Crippen LogP) is 3.25. The van der Waals surface area contributed by atoms with E-state index >= 15 is 0 Å². The number of nitrogens with one attached hydrogen (secondary N) is 1. The molecular formula is C16H23N3O2. The highest BCUT2D eigenvalue weighted by molar-refractivity contribution is 5.90. The van der Waals surface area contributed by atoms with Crippen molar-refractivity contribution in [3.05, 3.63) is 47.4 Å². The Labute approximate surface area is 125 Å². The molecule has 0 aliphatic rings. The van der Waals surface area contributed by atoms with Gasteiger partial charge in [-0.15, -0.1) is 0 Å². The molecule has 0 saturated carbocycles. The molecule has 0 atom stereocenters. The van der Waals surface area contributed by atoms with E-state index < -0.39 is 0 Å². The molecule has 0 fully saturated rings. The van der Waals surface area contributed by atoms with Crippen molar-refractivity contribution in [1.82, 2.24) is 9.97 Å². The Kier molecular flexibility index (Phi) is 7.01. The minimum atomic E-state index is -0.319.